The summed E-state index contributed by atoms with van der Waals surface area (Å²) in [5.41, 5.74) is 1.20. The molecule has 0 saturated carbocycles. The quantitative estimate of drug-likeness (QED) is 0.871. The normalized spacial score (nSPS) is 10.1. The summed E-state index contributed by atoms with van der Waals surface area (Å²) >= 11 is 5.11. The van der Waals surface area contributed by atoms with Crippen LogP contribution in [0.3, 0.4) is 0 Å². The Bertz CT molecular complexity index is 602. The number of nitrogens with zero attached hydrogens (tertiary/aromatic N) is 4. The minimum Gasteiger partial charge on any atom is -0.339 e. The lowest BCUT2D eigenvalue weighted by molar-refractivity contribution is 0.866. The van der Waals surface area contributed by atoms with E-state index in [9.17, 15) is 0 Å². The zero-order valence-corrected chi connectivity index (χ0v) is 12.4. The van der Waals surface area contributed by atoms with Gasteiger partial charge >= 0.3 is 0 Å². The summed E-state index contributed by atoms with van der Waals surface area (Å²) in [4.78, 5) is 11.7. The predicted octanol–water partition coefficient (Wildman–Crippen LogP) is 3.12. The van der Waals surface area contributed by atoms with Crippen LogP contribution in [0, 0.1) is 18.3 Å². The first kappa shape index (κ1) is 13.0. The van der Waals surface area contributed by atoms with Crippen LogP contribution in [0.2, 0.25) is 0 Å². The number of rotatable bonds is 3. The summed E-state index contributed by atoms with van der Waals surface area (Å²) in [5.74, 6) is 0.580. The van der Waals surface area contributed by atoms with Crippen LogP contribution >= 0.6 is 27.3 Å². The number of thiophene rings is 1. The Kier molecular flexibility index (Phi) is 3.94. The van der Waals surface area contributed by atoms with Gasteiger partial charge in [-0.25, -0.2) is 9.97 Å². The molecule has 2 aromatic heterocycles. The number of nitriles is 1. The van der Waals surface area contributed by atoms with E-state index in [1.807, 2.05) is 30.3 Å². The maximum Gasteiger partial charge on any atom is 0.226 e. The van der Waals surface area contributed by atoms with E-state index in [0.717, 1.165) is 16.7 Å². The highest BCUT2D eigenvalue weighted by atomic mass is 79.9. The first-order valence-corrected chi connectivity index (χ1v) is 6.95. The lowest BCUT2D eigenvalue weighted by Crippen LogP contribution is -2.19. The molecule has 0 unspecified atom stereocenters. The predicted molar refractivity (Wildman–Crippen MR) is 75.6 cm³/mol. The third kappa shape index (κ3) is 3.06. The number of halogens is 1. The smallest absolute Gasteiger partial charge is 0.226 e. The molecule has 18 heavy (non-hydrogen) atoms. The van der Waals surface area contributed by atoms with E-state index in [-0.39, 0.29) is 0 Å². The van der Waals surface area contributed by atoms with Crippen molar-refractivity contribution >= 4 is 33.2 Å². The number of anilines is 1. The lowest BCUT2D eigenvalue weighted by atomic mass is 10.3. The van der Waals surface area contributed by atoms with Crippen LogP contribution in [0.4, 0.5) is 5.95 Å². The van der Waals surface area contributed by atoms with E-state index < -0.39 is 0 Å². The van der Waals surface area contributed by atoms with Crippen LogP contribution in [0.5, 0.6) is 0 Å². The minimum atomic E-state index is 0.400. The number of hydrogen-bond acceptors (Lipinski definition) is 5. The topological polar surface area (TPSA) is 52.8 Å². The Labute approximate surface area is 118 Å². The van der Waals surface area contributed by atoms with Crippen LogP contribution < -0.4 is 4.90 Å². The van der Waals surface area contributed by atoms with Crippen molar-refractivity contribution in [3.8, 4) is 6.07 Å². The van der Waals surface area contributed by atoms with E-state index in [1.165, 1.54) is 4.88 Å². The molecule has 0 aliphatic rings. The molecule has 2 rings (SSSR count). The molecule has 0 N–H and O–H groups in total. The number of aromatic nitrogens is 2. The van der Waals surface area contributed by atoms with Crippen LogP contribution in [0.25, 0.3) is 0 Å². The molecule has 0 saturated heterocycles. The summed E-state index contributed by atoms with van der Waals surface area (Å²) in [5, 5.41) is 10.9. The zero-order valence-electron chi connectivity index (χ0n) is 10.0. The van der Waals surface area contributed by atoms with Crippen LogP contribution in [-0.4, -0.2) is 17.0 Å². The van der Waals surface area contributed by atoms with Crippen molar-refractivity contribution in [1.82, 2.24) is 9.97 Å². The highest BCUT2D eigenvalue weighted by Crippen LogP contribution is 2.22. The molecule has 0 fully saturated rings. The van der Waals surface area contributed by atoms with E-state index in [1.54, 1.807) is 17.4 Å². The molecule has 0 bridgehead atoms. The van der Waals surface area contributed by atoms with Gasteiger partial charge in [-0.15, -0.1) is 11.3 Å². The lowest BCUT2D eigenvalue weighted by Gasteiger charge is -2.16. The van der Waals surface area contributed by atoms with E-state index in [0.29, 0.717) is 11.6 Å². The van der Waals surface area contributed by atoms with Crippen LogP contribution in [0.15, 0.2) is 22.0 Å². The van der Waals surface area contributed by atoms with Crippen molar-refractivity contribution in [2.75, 3.05) is 11.9 Å². The van der Waals surface area contributed by atoms with Gasteiger partial charge < -0.3 is 4.90 Å². The van der Waals surface area contributed by atoms with E-state index >= 15 is 0 Å². The molecule has 0 radical (unpaired) electrons. The number of hydrogen-bond donors (Lipinski definition) is 0. The molecule has 0 aliphatic heterocycles. The average Bonchev–Trinajstić information content (AvgIpc) is 2.73. The fourth-order valence-corrected chi connectivity index (χ4v) is 3.03. The SMILES string of the molecule is Cc1cc(C#N)nc(N(C)Cc2cc(Br)cs2)n1. The Balaban J connectivity index is 2.21. The second-order valence-corrected chi connectivity index (χ2v) is 5.81. The molecular formula is C12H11BrN4S. The molecule has 0 aliphatic carbocycles. The van der Waals surface area contributed by atoms with Crippen molar-refractivity contribution in [2.45, 2.75) is 13.5 Å². The van der Waals surface area contributed by atoms with Crippen molar-refractivity contribution in [1.29, 1.82) is 5.26 Å². The number of aryl methyl sites for hydroxylation is 1. The van der Waals surface area contributed by atoms with Gasteiger partial charge in [-0.3, -0.25) is 0 Å². The van der Waals surface area contributed by atoms with Gasteiger partial charge in [-0.05, 0) is 35.0 Å². The first-order chi connectivity index (χ1) is 8.58. The second-order valence-electron chi connectivity index (χ2n) is 3.89. The van der Waals surface area contributed by atoms with Gasteiger partial charge in [0.1, 0.15) is 11.8 Å². The maximum atomic E-state index is 8.90. The third-order valence-corrected chi connectivity index (χ3v) is 4.00. The molecule has 0 atom stereocenters. The molecule has 6 heteroatoms. The largest absolute Gasteiger partial charge is 0.339 e. The molecule has 0 amide bonds. The van der Waals surface area contributed by atoms with Gasteiger partial charge in [-0.1, -0.05) is 0 Å². The monoisotopic (exact) mass is 322 g/mol. The maximum absolute atomic E-state index is 8.90. The first-order valence-electron chi connectivity index (χ1n) is 5.28. The Morgan fingerprint density at radius 2 is 2.22 bits per heavy atom. The van der Waals surface area contributed by atoms with Gasteiger partial charge in [0.05, 0.1) is 6.54 Å². The molecule has 2 aromatic rings. The molecule has 4 nitrogen and oxygen atoms in total. The minimum absolute atomic E-state index is 0.400. The van der Waals surface area contributed by atoms with E-state index in [2.05, 4.69) is 32.0 Å². The summed E-state index contributed by atoms with van der Waals surface area (Å²) in [7, 11) is 1.92. The standard InChI is InChI=1S/C12H11BrN4S/c1-8-3-10(5-14)16-12(15-8)17(2)6-11-4-9(13)7-18-11/h3-4,7H,6H2,1-2H3. The summed E-state index contributed by atoms with van der Waals surface area (Å²) < 4.78 is 1.08. The van der Waals surface area contributed by atoms with Gasteiger partial charge in [0.25, 0.3) is 0 Å². The van der Waals surface area contributed by atoms with Crippen molar-refractivity contribution in [2.24, 2.45) is 0 Å². The average molecular weight is 323 g/mol. The van der Waals surface area contributed by atoms with Gasteiger partial charge in [0.15, 0.2) is 0 Å². The highest BCUT2D eigenvalue weighted by molar-refractivity contribution is 9.10. The third-order valence-electron chi connectivity index (χ3n) is 2.31. The van der Waals surface area contributed by atoms with Gasteiger partial charge in [-0.2, -0.15) is 5.26 Å². The fourth-order valence-electron chi connectivity index (χ4n) is 1.52. The van der Waals surface area contributed by atoms with Crippen molar-refractivity contribution in [3.63, 3.8) is 0 Å². The Morgan fingerprint density at radius 3 is 2.83 bits per heavy atom. The van der Waals surface area contributed by atoms with Gasteiger partial charge in [0, 0.05) is 27.5 Å². The fraction of sp³-hybridized carbons (Fsp3) is 0.250. The molecule has 92 valence electrons. The summed E-state index contributed by atoms with van der Waals surface area (Å²) in [6, 6.07) is 5.80. The molecular weight excluding hydrogens is 312 g/mol. The molecule has 0 aromatic carbocycles. The molecule has 0 spiro atoms. The molecule has 2 heterocycles. The second kappa shape index (κ2) is 5.46. The van der Waals surface area contributed by atoms with Crippen LogP contribution in [0.1, 0.15) is 16.3 Å². The van der Waals surface area contributed by atoms with Crippen molar-refractivity contribution in [3.05, 3.63) is 38.3 Å². The summed E-state index contributed by atoms with van der Waals surface area (Å²) in [6.45, 7) is 2.59. The zero-order chi connectivity index (χ0) is 13.1. The highest BCUT2D eigenvalue weighted by Gasteiger charge is 2.09. The summed E-state index contributed by atoms with van der Waals surface area (Å²) in [6.07, 6.45) is 0. The van der Waals surface area contributed by atoms with E-state index in [4.69, 9.17) is 5.26 Å². The Hall–Kier alpha value is -1.45. The Morgan fingerprint density at radius 1 is 1.44 bits per heavy atom. The van der Waals surface area contributed by atoms with Crippen molar-refractivity contribution < 1.29 is 0 Å². The van der Waals surface area contributed by atoms with Gasteiger partial charge in [0.2, 0.25) is 5.95 Å². The van der Waals surface area contributed by atoms with Crippen LogP contribution in [-0.2, 0) is 6.54 Å².